The van der Waals surface area contributed by atoms with Crippen LogP contribution in [0.1, 0.15) is 0 Å². The van der Waals surface area contributed by atoms with E-state index in [-0.39, 0.29) is 0 Å². The summed E-state index contributed by atoms with van der Waals surface area (Å²) in [5.74, 6) is 0. The van der Waals surface area contributed by atoms with Gasteiger partial charge in [0.05, 0.1) is 16.4 Å². The molecule has 0 atom stereocenters. The molecule has 0 bridgehead atoms. The van der Waals surface area contributed by atoms with Gasteiger partial charge in [0.25, 0.3) is 0 Å². The zero-order valence-electron chi connectivity index (χ0n) is 9.58. The summed E-state index contributed by atoms with van der Waals surface area (Å²) in [4.78, 5) is 0. The van der Waals surface area contributed by atoms with E-state index < -0.39 is 0 Å². The van der Waals surface area contributed by atoms with Crippen LogP contribution in [0.5, 0.6) is 0 Å². The molecule has 2 aromatic rings. The summed E-state index contributed by atoms with van der Waals surface area (Å²) >= 11 is 19.5. The molecule has 2 rings (SSSR count). The molecule has 2 N–H and O–H groups in total. The molecule has 0 saturated carbocycles. The first-order chi connectivity index (χ1) is 9.06. The molecule has 0 amide bonds. The lowest BCUT2D eigenvalue weighted by atomic mass is 10.3. The van der Waals surface area contributed by atoms with Crippen LogP contribution in [0.15, 0.2) is 42.5 Å². The second kappa shape index (κ2) is 6.74. The SMILES string of the molecule is S=C(Nc1cc(Cl)ccc1Cl)Nc1ccccc1I. The van der Waals surface area contributed by atoms with Crippen molar-refractivity contribution in [1.29, 1.82) is 0 Å². The Morgan fingerprint density at radius 1 is 1.00 bits per heavy atom. The molecule has 0 heterocycles. The zero-order chi connectivity index (χ0) is 13.8. The molecular weight excluding hydrogens is 414 g/mol. The molecule has 0 unspecified atom stereocenters. The standard InChI is InChI=1S/C13H9Cl2IN2S/c14-8-5-6-9(15)12(7-8)18-13(19)17-11-4-2-1-3-10(11)16/h1-7H,(H2,17,18,19). The van der Waals surface area contributed by atoms with E-state index in [0.29, 0.717) is 20.8 Å². The lowest BCUT2D eigenvalue weighted by Gasteiger charge is -2.13. The highest BCUT2D eigenvalue weighted by Gasteiger charge is 2.05. The molecule has 0 aliphatic heterocycles. The van der Waals surface area contributed by atoms with Crippen LogP contribution in [-0.4, -0.2) is 5.11 Å². The van der Waals surface area contributed by atoms with Crippen LogP contribution in [0.4, 0.5) is 11.4 Å². The van der Waals surface area contributed by atoms with Gasteiger partial charge in [0.2, 0.25) is 0 Å². The van der Waals surface area contributed by atoms with Crippen LogP contribution < -0.4 is 10.6 Å². The Morgan fingerprint density at radius 3 is 2.42 bits per heavy atom. The number of rotatable bonds is 2. The highest BCUT2D eigenvalue weighted by molar-refractivity contribution is 14.1. The van der Waals surface area contributed by atoms with Crippen LogP contribution in [-0.2, 0) is 0 Å². The van der Waals surface area contributed by atoms with Crippen molar-refractivity contribution < 1.29 is 0 Å². The number of hydrogen-bond donors (Lipinski definition) is 2. The van der Waals surface area contributed by atoms with E-state index in [1.807, 2.05) is 24.3 Å². The average Bonchev–Trinajstić information content (AvgIpc) is 2.37. The summed E-state index contributed by atoms with van der Waals surface area (Å²) in [6, 6.07) is 13.0. The second-order valence-corrected chi connectivity index (χ2v) is 6.10. The minimum Gasteiger partial charge on any atom is -0.332 e. The van der Waals surface area contributed by atoms with E-state index in [2.05, 4.69) is 33.2 Å². The second-order valence-electron chi connectivity index (χ2n) is 3.68. The number of para-hydroxylation sites is 1. The lowest BCUT2D eigenvalue weighted by Crippen LogP contribution is -2.19. The molecule has 98 valence electrons. The predicted octanol–water partition coefficient (Wildman–Crippen LogP) is 5.41. The van der Waals surface area contributed by atoms with Gasteiger partial charge in [-0.05, 0) is 65.1 Å². The van der Waals surface area contributed by atoms with Crippen molar-refractivity contribution in [1.82, 2.24) is 0 Å². The highest BCUT2D eigenvalue weighted by atomic mass is 127. The van der Waals surface area contributed by atoms with Gasteiger partial charge in [-0.2, -0.15) is 0 Å². The van der Waals surface area contributed by atoms with Crippen molar-refractivity contribution in [2.45, 2.75) is 0 Å². The van der Waals surface area contributed by atoms with E-state index in [0.717, 1.165) is 9.26 Å². The largest absolute Gasteiger partial charge is 0.332 e. The maximum absolute atomic E-state index is 6.06. The van der Waals surface area contributed by atoms with E-state index in [1.54, 1.807) is 18.2 Å². The van der Waals surface area contributed by atoms with Gasteiger partial charge in [0.15, 0.2) is 5.11 Å². The van der Waals surface area contributed by atoms with Crippen molar-refractivity contribution in [3.05, 3.63) is 56.1 Å². The topological polar surface area (TPSA) is 24.1 Å². The summed E-state index contributed by atoms with van der Waals surface area (Å²) in [5, 5.41) is 7.78. The monoisotopic (exact) mass is 422 g/mol. The fourth-order valence-electron chi connectivity index (χ4n) is 1.43. The third-order valence-corrected chi connectivity index (χ3v) is 4.01. The zero-order valence-corrected chi connectivity index (χ0v) is 14.1. The first-order valence-electron chi connectivity index (χ1n) is 5.34. The van der Waals surface area contributed by atoms with Crippen molar-refractivity contribution in [3.63, 3.8) is 0 Å². The normalized spacial score (nSPS) is 10.1. The van der Waals surface area contributed by atoms with Crippen molar-refractivity contribution >= 4 is 74.5 Å². The Morgan fingerprint density at radius 2 is 1.68 bits per heavy atom. The van der Waals surface area contributed by atoms with E-state index >= 15 is 0 Å². The Balaban J connectivity index is 2.10. The highest BCUT2D eigenvalue weighted by Crippen LogP contribution is 2.26. The molecule has 0 aromatic heterocycles. The minimum absolute atomic E-state index is 0.466. The summed E-state index contributed by atoms with van der Waals surface area (Å²) in [6.07, 6.45) is 0. The Hall–Kier alpha value is -0.560. The minimum atomic E-state index is 0.466. The fourth-order valence-corrected chi connectivity index (χ4v) is 2.51. The third kappa shape index (κ3) is 4.21. The molecule has 19 heavy (non-hydrogen) atoms. The lowest BCUT2D eigenvalue weighted by molar-refractivity contribution is 1.57. The number of anilines is 2. The molecule has 0 saturated heterocycles. The third-order valence-electron chi connectivity index (χ3n) is 2.30. The first-order valence-corrected chi connectivity index (χ1v) is 7.58. The van der Waals surface area contributed by atoms with Gasteiger partial charge in [-0.25, -0.2) is 0 Å². The van der Waals surface area contributed by atoms with Crippen LogP contribution >= 0.6 is 58.0 Å². The first kappa shape index (κ1) is 14.8. The number of halogens is 3. The van der Waals surface area contributed by atoms with E-state index in [1.165, 1.54) is 0 Å². The van der Waals surface area contributed by atoms with Gasteiger partial charge in [-0.3, -0.25) is 0 Å². The molecule has 0 aliphatic rings. The number of thiocarbonyl (C=S) groups is 1. The Kier molecular flexibility index (Phi) is 5.27. The van der Waals surface area contributed by atoms with Gasteiger partial charge in [-0.15, -0.1) is 0 Å². The molecule has 0 aliphatic carbocycles. The molecule has 0 radical (unpaired) electrons. The number of hydrogen-bond acceptors (Lipinski definition) is 1. The smallest absolute Gasteiger partial charge is 0.175 e. The van der Waals surface area contributed by atoms with Gasteiger partial charge < -0.3 is 10.6 Å². The summed E-state index contributed by atoms with van der Waals surface area (Å²) in [7, 11) is 0. The maximum atomic E-state index is 6.06. The van der Waals surface area contributed by atoms with E-state index in [9.17, 15) is 0 Å². The van der Waals surface area contributed by atoms with Gasteiger partial charge >= 0.3 is 0 Å². The number of nitrogens with one attached hydrogen (secondary N) is 2. The summed E-state index contributed by atoms with van der Waals surface area (Å²) < 4.78 is 1.08. The van der Waals surface area contributed by atoms with Crippen LogP contribution in [0.3, 0.4) is 0 Å². The van der Waals surface area contributed by atoms with Gasteiger partial charge in [0.1, 0.15) is 0 Å². The molecule has 2 aromatic carbocycles. The van der Waals surface area contributed by atoms with E-state index in [4.69, 9.17) is 35.4 Å². The average molecular weight is 423 g/mol. The van der Waals surface area contributed by atoms with Gasteiger partial charge in [0, 0.05) is 8.59 Å². The fraction of sp³-hybridized carbons (Fsp3) is 0. The van der Waals surface area contributed by atoms with Crippen LogP contribution in [0, 0.1) is 3.57 Å². The van der Waals surface area contributed by atoms with Gasteiger partial charge in [-0.1, -0.05) is 35.3 Å². The number of benzene rings is 2. The quantitative estimate of drug-likeness (QED) is 0.500. The Bertz CT molecular complexity index is 619. The Labute approximate surface area is 140 Å². The molecule has 0 spiro atoms. The molecule has 2 nitrogen and oxygen atoms in total. The van der Waals surface area contributed by atoms with Crippen molar-refractivity contribution in [2.75, 3.05) is 10.6 Å². The van der Waals surface area contributed by atoms with Crippen molar-refractivity contribution in [3.8, 4) is 0 Å². The van der Waals surface area contributed by atoms with Crippen molar-refractivity contribution in [2.24, 2.45) is 0 Å². The molecular formula is C13H9Cl2IN2S. The van der Waals surface area contributed by atoms with Crippen LogP contribution in [0.25, 0.3) is 0 Å². The molecule has 0 fully saturated rings. The molecule has 6 heteroatoms. The summed E-state index contributed by atoms with van der Waals surface area (Å²) in [6.45, 7) is 0. The maximum Gasteiger partial charge on any atom is 0.175 e. The van der Waals surface area contributed by atoms with Crippen LogP contribution in [0.2, 0.25) is 10.0 Å². The summed E-state index contributed by atoms with van der Waals surface area (Å²) in [5.41, 5.74) is 1.62. The predicted molar refractivity (Wildman–Crippen MR) is 95.5 cm³/mol.